The van der Waals surface area contributed by atoms with Crippen molar-refractivity contribution in [3.05, 3.63) is 16.0 Å². The van der Waals surface area contributed by atoms with Crippen molar-refractivity contribution in [2.75, 3.05) is 24.4 Å². The van der Waals surface area contributed by atoms with Crippen molar-refractivity contribution in [2.45, 2.75) is 34.5 Å². The van der Waals surface area contributed by atoms with Crippen LogP contribution in [-0.4, -0.2) is 30.3 Å². The second-order valence-electron chi connectivity index (χ2n) is 4.80. The van der Waals surface area contributed by atoms with Crippen LogP contribution in [0.5, 0.6) is 0 Å². The number of hydrogen-bond acceptors (Lipinski definition) is 6. The highest BCUT2D eigenvalue weighted by Gasteiger charge is 2.45. The minimum atomic E-state index is -0.126. The van der Waals surface area contributed by atoms with Gasteiger partial charge in [0.05, 0.1) is 14.9 Å². The zero-order valence-corrected chi connectivity index (χ0v) is 15.0. The van der Waals surface area contributed by atoms with E-state index in [1.807, 2.05) is 6.92 Å². The lowest BCUT2D eigenvalue weighted by Crippen LogP contribution is -2.22. The highest BCUT2D eigenvalue weighted by Crippen LogP contribution is 2.61. The summed E-state index contributed by atoms with van der Waals surface area (Å²) in [5, 5.41) is 0. The van der Waals surface area contributed by atoms with E-state index in [0.717, 1.165) is 11.3 Å². The van der Waals surface area contributed by atoms with Crippen molar-refractivity contribution < 1.29 is 9.53 Å². The van der Waals surface area contributed by atoms with Crippen LogP contribution in [-0.2, 0) is 15.2 Å². The third-order valence-electron chi connectivity index (χ3n) is 3.69. The summed E-state index contributed by atoms with van der Waals surface area (Å²) < 4.78 is 6.79. The summed E-state index contributed by atoms with van der Waals surface area (Å²) in [5.74, 6) is 2.32. The molecule has 2 nitrogen and oxygen atoms in total. The number of thiophene rings is 1. The van der Waals surface area contributed by atoms with Gasteiger partial charge < -0.3 is 4.74 Å². The Hall–Kier alpha value is 0.220. The summed E-state index contributed by atoms with van der Waals surface area (Å²) in [7, 11) is 0. The van der Waals surface area contributed by atoms with Gasteiger partial charge in [-0.1, -0.05) is 0 Å². The van der Waals surface area contributed by atoms with E-state index in [4.69, 9.17) is 4.74 Å². The fraction of sp³-hybridized carbons (Fsp3) is 0.643. The smallest absolute Gasteiger partial charge is 0.348 e. The maximum absolute atomic E-state index is 12.2. The molecule has 1 aliphatic heterocycles. The summed E-state index contributed by atoms with van der Waals surface area (Å²) >= 11 is 7.59. The Kier molecular flexibility index (Phi) is 4.65. The van der Waals surface area contributed by atoms with Crippen LogP contribution in [0.3, 0.4) is 0 Å². The van der Waals surface area contributed by atoms with Gasteiger partial charge in [-0.05, 0) is 38.0 Å². The van der Waals surface area contributed by atoms with Crippen LogP contribution in [0.1, 0.15) is 40.6 Å². The molecule has 0 N–H and O–H groups in total. The molecule has 0 amide bonds. The molecule has 0 aromatic carbocycles. The van der Waals surface area contributed by atoms with Gasteiger partial charge in [-0.15, -0.1) is 46.6 Å². The second-order valence-corrected chi connectivity index (χ2v) is 9.94. The first-order valence-electron chi connectivity index (χ1n) is 6.87. The molecule has 1 aliphatic carbocycles. The Morgan fingerprint density at radius 3 is 2.80 bits per heavy atom. The molecule has 0 atom stereocenters. The van der Waals surface area contributed by atoms with Gasteiger partial charge in [0.15, 0.2) is 0 Å². The molecule has 1 aromatic rings. The van der Waals surface area contributed by atoms with Gasteiger partial charge in [0.1, 0.15) is 4.88 Å². The van der Waals surface area contributed by atoms with Gasteiger partial charge in [0.2, 0.25) is 0 Å². The molecule has 0 saturated carbocycles. The van der Waals surface area contributed by atoms with Crippen molar-refractivity contribution in [1.29, 1.82) is 0 Å². The quantitative estimate of drug-likeness (QED) is 0.588. The molecule has 2 aliphatic rings. The van der Waals surface area contributed by atoms with E-state index in [9.17, 15) is 4.79 Å². The van der Waals surface area contributed by atoms with Gasteiger partial charge in [0.25, 0.3) is 0 Å². The zero-order valence-electron chi connectivity index (χ0n) is 11.7. The lowest BCUT2D eigenvalue weighted by Gasteiger charge is -2.33. The van der Waals surface area contributed by atoms with E-state index >= 15 is 0 Å². The molecular formula is C14H18O2S4. The van der Waals surface area contributed by atoms with E-state index in [0.29, 0.717) is 6.61 Å². The third-order valence-corrected chi connectivity index (χ3v) is 9.55. The predicted molar refractivity (Wildman–Crippen MR) is 91.6 cm³/mol. The minimum Gasteiger partial charge on any atom is -0.462 e. The third kappa shape index (κ3) is 2.42. The van der Waals surface area contributed by atoms with Gasteiger partial charge in [-0.25, -0.2) is 4.79 Å². The fourth-order valence-corrected chi connectivity index (χ4v) is 8.81. The lowest BCUT2D eigenvalue weighted by molar-refractivity contribution is 0.0530. The van der Waals surface area contributed by atoms with Gasteiger partial charge in [0, 0.05) is 17.1 Å². The van der Waals surface area contributed by atoms with Crippen molar-refractivity contribution >= 4 is 52.6 Å². The zero-order chi connectivity index (χ0) is 14.2. The van der Waals surface area contributed by atoms with E-state index in [2.05, 4.69) is 29.8 Å². The van der Waals surface area contributed by atoms with Crippen molar-refractivity contribution in [1.82, 2.24) is 0 Å². The SMILES string of the molecule is CCOC(=O)c1sc(SC)c2c1CCCC21SCCS1. The molecule has 0 radical (unpaired) electrons. The molecule has 1 aromatic heterocycles. The number of carbonyl (C=O) groups is 1. The van der Waals surface area contributed by atoms with Crippen LogP contribution in [0, 0.1) is 0 Å². The van der Waals surface area contributed by atoms with Crippen LogP contribution in [0.15, 0.2) is 4.21 Å². The summed E-state index contributed by atoms with van der Waals surface area (Å²) in [5.41, 5.74) is 2.74. The number of rotatable bonds is 3. The largest absolute Gasteiger partial charge is 0.462 e. The topological polar surface area (TPSA) is 26.3 Å². The molecule has 20 heavy (non-hydrogen) atoms. The number of carbonyl (C=O) groups excluding carboxylic acids is 1. The molecular weight excluding hydrogens is 328 g/mol. The molecule has 0 unspecified atom stereocenters. The first kappa shape index (κ1) is 15.1. The van der Waals surface area contributed by atoms with Crippen molar-refractivity contribution in [3.8, 4) is 0 Å². The normalized spacial score (nSPS) is 20.1. The monoisotopic (exact) mass is 346 g/mol. The van der Waals surface area contributed by atoms with Crippen molar-refractivity contribution in [3.63, 3.8) is 0 Å². The number of ether oxygens (including phenoxy) is 1. The Bertz CT molecular complexity index is 517. The average molecular weight is 347 g/mol. The molecule has 3 rings (SSSR count). The Morgan fingerprint density at radius 1 is 1.40 bits per heavy atom. The Balaban J connectivity index is 2.09. The number of hydrogen-bond donors (Lipinski definition) is 0. The average Bonchev–Trinajstić information content (AvgIpc) is 3.05. The first-order chi connectivity index (χ1) is 9.72. The van der Waals surface area contributed by atoms with E-state index in [-0.39, 0.29) is 10.0 Å². The number of esters is 1. The van der Waals surface area contributed by atoms with Gasteiger partial charge in [-0.3, -0.25) is 0 Å². The summed E-state index contributed by atoms with van der Waals surface area (Å²) in [6.45, 7) is 2.33. The van der Waals surface area contributed by atoms with E-state index in [1.165, 1.54) is 39.7 Å². The highest BCUT2D eigenvalue weighted by atomic mass is 32.2. The lowest BCUT2D eigenvalue weighted by atomic mass is 9.92. The molecule has 2 heterocycles. The maximum Gasteiger partial charge on any atom is 0.348 e. The summed E-state index contributed by atoms with van der Waals surface area (Å²) in [6.07, 6.45) is 5.57. The summed E-state index contributed by atoms with van der Waals surface area (Å²) in [4.78, 5) is 13.1. The Morgan fingerprint density at radius 2 is 2.15 bits per heavy atom. The maximum atomic E-state index is 12.2. The van der Waals surface area contributed by atoms with Crippen LogP contribution < -0.4 is 0 Å². The fourth-order valence-electron chi connectivity index (χ4n) is 2.94. The van der Waals surface area contributed by atoms with Crippen LogP contribution in [0.4, 0.5) is 0 Å². The summed E-state index contributed by atoms with van der Waals surface area (Å²) in [6, 6.07) is 0. The van der Waals surface area contributed by atoms with Crippen molar-refractivity contribution in [2.24, 2.45) is 0 Å². The molecule has 110 valence electrons. The molecule has 1 spiro atoms. The van der Waals surface area contributed by atoms with Crippen LogP contribution in [0.25, 0.3) is 0 Å². The van der Waals surface area contributed by atoms with E-state index in [1.54, 1.807) is 23.1 Å². The molecule has 1 saturated heterocycles. The van der Waals surface area contributed by atoms with Crippen LogP contribution >= 0.6 is 46.6 Å². The standard InChI is InChI=1S/C14H18O2S4/c1-3-16-12(15)11-9-5-4-6-14(18-7-8-19-14)10(9)13(17-2)20-11/h3-8H2,1-2H3. The Labute approximate surface area is 136 Å². The van der Waals surface area contributed by atoms with Gasteiger partial charge in [-0.2, -0.15) is 0 Å². The van der Waals surface area contributed by atoms with Gasteiger partial charge >= 0.3 is 5.97 Å². The number of thioether (sulfide) groups is 3. The van der Waals surface area contributed by atoms with E-state index < -0.39 is 0 Å². The highest BCUT2D eigenvalue weighted by molar-refractivity contribution is 8.20. The first-order valence-corrected chi connectivity index (χ1v) is 10.9. The minimum absolute atomic E-state index is 0.126. The molecule has 1 fully saturated rings. The predicted octanol–water partition coefficient (Wildman–Crippen LogP) is 4.62. The molecule has 0 bridgehead atoms. The van der Waals surface area contributed by atoms with Crippen LogP contribution in [0.2, 0.25) is 0 Å². The molecule has 6 heteroatoms. The number of fused-ring (bicyclic) bond motifs is 2. The second kappa shape index (κ2) is 6.15.